The van der Waals surface area contributed by atoms with Gasteiger partial charge in [-0.1, -0.05) is 161 Å². The Morgan fingerprint density at radius 3 is 1.15 bits per heavy atom. The summed E-state index contributed by atoms with van der Waals surface area (Å²) in [4.78, 5) is 14.3. The van der Waals surface area contributed by atoms with Crippen molar-refractivity contribution in [2.24, 2.45) is 0 Å². The van der Waals surface area contributed by atoms with E-state index in [1.54, 1.807) is 6.07 Å². The topological polar surface area (TPSA) is 98.0 Å². The monoisotopic (exact) mass is 584 g/mol. The second kappa shape index (κ2) is 29.5. The first-order chi connectivity index (χ1) is 19.4. The number of aryl methyl sites for hydroxylation is 1. The molecule has 0 unspecified atom stereocenters. The van der Waals surface area contributed by atoms with Gasteiger partial charge in [0.15, 0.2) is 11.5 Å². The highest BCUT2D eigenvalue weighted by molar-refractivity contribution is 7.30. The van der Waals surface area contributed by atoms with Gasteiger partial charge in [-0.2, -0.15) is 0 Å². The Hall–Kier alpha value is -1.03. The summed E-state index contributed by atoms with van der Waals surface area (Å²) in [6.45, 7) is 4.56. The highest BCUT2D eigenvalue weighted by Gasteiger charge is 2.12. The minimum absolute atomic E-state index is 0.0439. The molecule has 0 saturated heterocycles. The van der Waals surface area contributed by atoms with Crippen molar-refractivity contribution < 1.29 is 24.6 Å². The summed E-state index contributed by atoms with van der Waals surface area (Å²) < 4.78 is 8.74. The first-order valence-electron chi connectivity index (χ1n) is 16.9. The van der Waals surface area contributed by atoms with Gasteiger partial charge in [0.05, 0.1) is 0 Å². The zero-order valence-electron chi connectivity index (χ0n) is 26.2. The average molecular weight is 585 g/mol. The van der Waals surface area contributed by atoms with Gasteiger partial charge in [0.25, 0.3) is 0 Å². The molecule has 0 aliphatic rings. The summed E-state index contributed by atoms with van der Waals surface area (Å²) in [5.41, 5.74) is 2.26. The van der Waals surface area contributed by atoms with Crippen LogP contribution in [0.25, 0.3) is 0 Å². The molecule has 6 heteroatoms. The number of hydrogen-bond donors (Lipinski definition) is 4. The molecule has 1 aromatic carbocycles. The molecule has 236 valence electrons. The number of unbranched alkanes of at least 4 members (excludes halogenated alkanes) is 22. The Kier molecular flexibility index (Phi) is 28.7. The van der Waals surface area contributed by atoms with E-state index in [0.717, 1.165) is 24.8 Å². The summed E-state index contributed by atoms with van der Waals surface area (Å²) in [7, 11) is -3.13. The lowest BCUT2D eigenvalue weighted by molar-refractivity contribution is 0.397. The van der Waals surface area contributed by atoms with Crippen LogP contribution in [0.4, 0.5) is 0 Å². The molecule has 40 heavy (non-hydrogen) atoms. The Morgan fingerprint density at radius 2 is 0.800 bits per heavy atom. The molecule has 0 aromatic heterocycles. The van der Waals surface area contributed by atoms with Gasteiger partial charge in [0.2, 0.25) is 0 Å². The van der Waals surface area contributed by atoms with Gasteiger partial charge in [0, 0.05) is 5.56 Å². The second-order valence-electron chi connectivity index (χ2n) is 11.6. The highest BCUT2D eigenvalue weighted by Crippen LogP contribution is 2.33. The van der Waals surface area contributed by atoms with E-state index in [4.69, 9.17) is 14.4 Å². The van der Waals surface area contributed by atoms with Gasteiger partial charge < -0.3 is 20.0 Å². The van der Waals surface area contributed by atoms with Gasteiger partial charge in [0.1, 0.15) is 0 Å². The van der Waals surface area contributed by atoms with Crippen LogP contribution in [0.15, 0.2) is 12.1 Å². The van der Waals surface area contributed by atoms with Crippen molar-refractivity contribution in [1.29, 1.82) is 0 Å². The number of hydrogen-bond acceptors (Lipinski definition) is 3. The molecule has 0 fully saturated rings. The van der Waals surface area contributed by atoms with Gasteiger partial charge in [-0.3, -0.25) is 4.57 Å². The molecule has 0 aliphatic carbocycles. The van der Waals surface area contributed by atoms with Crippen LogP contribution in [0, 0.1) is 0 Å². The maximum absolute atomic E-state index is 10.5. The molecule has 0 atom stereocenters. The van der Waals surface area contributed by atoms with E-state index in [1.165, 1.54) is 153 Å². The smallest absolute Gasteiger partial charge is 0.314 e. The maximum Gasteiger partial charge on any atom is 0.314 e. The molecule has 1 aromatic rings. The Morgan fingerprint density at radius 1 is 0.500 bits per heavy atom. The first-order valence-corrected chi connectivity index (χ1v) is 18.2. The second-order valence-corrected chi connectivity index (χ2v) is 12.2. The maximum atomic E-state index is 10.5. The fraction of sp³-hybridized carbons (Fsp3) is 0.824. The molecule has 0 radical (unpaired) electrons. The van der Waals surface area contributed by atoms with Crippen LogP contribution in [0.5, 0.6) is 11.5 Å². The first kappa shape index (κ1) is 39.0. The predicted octanol–water partition coefficient (Wildman–Crippen LogP) is 10.9. The molecule has 0 heterocycles. The highest BCUT2D eigenvalue weighted by atomic mass is 31.1. The molecule has 4 N–H and O–H groups in total. The van der Waals surface area contributed by atoms with Crippen LogP contribution < -0.4 is 0 Å². The molecular formula is C34H65O5P. The fourth-order valence-corrected chi connectivity index (χ4v) is 5.48. The third-order valence-corrected chi connectivity index (χ3v) is 7.94. The third kappa shape index (κ3) is 24.7. The number of phenolic OH excluding ortho intramolecular Hbond substituents is 2. The van der Waals surface area contributed by atoms with E-state index in [-0.39, 0.29) is 11.5 Å². The van der Waals surface area contributed by atoms with Gasteiger partial charge in [-0.25, -0.2) is 0 Å². The average Bonchev–Trinajstić information content (AvgIpc) is 2.92. The van der Waals surface area contributed by atoms with Crippen molar-refractivity contribution in [1.82, 2.24) is 0 Å². The van der Waals surface area contributed by atoms with Gasteiger partial charge in [-0.15, -0.1) is 0 Å². The lowest BCUT2D eigenvalue weighted by Crippen LogP contribution is -1.97. The van der Waals surface area contributed by atoms with E-state index >= 15 is 0 Å². The van der Waals surface area contributed by atoms with Crippen LogP contribution in [-0.4, -0.2) is 20.0 Å². The molecule has 5 nitrogen and oxygen atoms in total. The minimum atomic E-state index is -3.13. The molecule has 1 rings (SSSR count). The standard InChI is InChI=1S/C34H62O2.H3O3P/c1-3-5-7-9-11-13-15-17-19-21-23-25-27-31-29-30-33(35)34(36)32(31)28-26-24-22-20-18-16-14-12-10-8-6-4-2;1-4(2)3/h29-30,35-36H,3-28H2,1-2H3;4H,(H2,1,2,3). The Bertz CT molecular complexity index is 706. The Labute approximate surface area is 248 Å². The van der Waals surface area contributed by atoms with E-state index in [1.807, 2.05) is 6.07 Å². The lowest BCUT2D eigenvalue weighted by atomic mass is 9.95. The van der Waals surface area contributed by atoms with Gasteiger partial charge >= 0.3 is 8.25 Å². The molecule has 0 amide bonds. The molecular weight excluding hydrogens is 519 g/mol. The van der Waals surface area contributed by atoms with E-state index in [9.17, 15) is 10.2 Å². The SMILES string of the molecule is CCCCCCCCCCCCCCc1ccc(O)c(O)c1CCCCCCCCCCCCCC.O=[PH](O)O. The summed E-state index contributed by atoms with van der Waals surface area (Å²) in [6.07, 6.45) is 34.4. The molecule has 0 saturated carbocycles. The van der Waals surface area contributed by atoms with Crippen LogP contribution in [-0.2, 0) is 17.4 Å². The van der Waals surface area contributed by atoms with Crippen LogP contribution in [0.3, 0.4) is 0 Å². The van der Waals surface area contributed by atoms with Crippen molar-refractivity contribution in [3.63, 3.8) is 0 Å². The molecule has 0 spiro atoms. The van der Waals surface area contributed by atoms with E-state index in [2.05, 4.69) is 13.8 Å². The quantitative estimate of drug-likeness (QED) is 0.0493. The third-order valence-electron chi connectivity index (χ3n) is 7.94. The van der Waals surface area contributed by atoms with Crippen LogP contribution >= 0.6 is 8.25 Å². The normalized spacial score (nSPS) is 11.1. The van der Waals surface area contributed by atoms with Crippen molar-refractivity contribution in [2.45, 2.75) is 181 Å². The van der Waals surface area contributed by atoms with E-state index in [0.29, 0.717) is 0 Å². The van der Waals surface area contributed by atoms with Crippen LogP contribution in [0.1, 0.15) is 179 Å². The molecule has 0 aliphatic heterocycles. The van der Waals surface area contributed by atoms with Gasteiger partial charge in [-0.05, 0) is 37.3 Å². The number of phenols is 2. The molecule has 0 bridgehead atoms. The zero-order valence-corrected chi connectivity index (χ0v) is 27.2. The van der Waals surface area contributed by atoms with E-state index < -0.39 is 8.25 Å². The van der Waals surface area contributed by atoms with Crippen molar-refractivity contribution in [2.75, 3.05) is 0 Å². The van der Waals surface area contributed by atoms with Crippen LogP contribution in [0.2, 0.25) is 0 Å². The number of aromatic hydroxyl groups is 2. The summed E-state index contributed by atoms with van der Waals surface area (Å²) in [5, 5.41) is 20.5. The number of benzene rings is 1. The number of rotatable bonds is 26. The lowest BCUT2D eigenvalue weighted by Gasteiger charge is -2.13. The van der Waals surface area contributed by atoms with Crippen molar-refractivity contribution in [3.8, 4) is 11.5 Å². The largest absolute Gasteiger partial charge is 0.504 e. The van der Waals surface area contributed by atoms with Crippen molar-refractivity contribution in [3.05, 3.63) is 23.3 Å². The fourth-order valence-electron chi connectivity index (χ4n) is 5.48. The summed E-state index contributed by atoms with van der Waals surface area (Å²) in [5.74, 6) is 0.178. The zero-order chi connectivity index (χ0) is 29.7. The summed E-state index contributed by atoms with van der Waals surface area (Å²) in [6, 6.07) is 3.72. The van der Waals surface area contributed by atoms with Crippen molar-refractivity contribution >= 4 is 8.25 Å². The minimum Gasteiger partial charge on any atom is -0.504 e. The Balaban J connectivity index is 0.00000354. The predicted molar refractivity (Wildman–Crippen MR) is 173 cm³/mol. The summed E-state index contributed by atoms with van der Waals surface area (Å²) >= 11 is 0.